The first-order valence-corrected chi connectivity index (χ1v) is 14.5. The van der Waals surface area contributed by atoms with E-state index in [1.54, 1.807) is 10.6 Å². The molecule has 0 saturated heterocycles. The molecule has 1 aliphatic rings. The molecule has 3 heteroatoms. The summed E-state index contributed by atoms with van der Waals surface area (Å²) in [5, 5.41) is 7.73. The van der Waals surface area contributed by atoms with Crippen LogP contribution in [-0.2, 0) is 0 Å². The number of hydrogen-bond donors (Lipinski definition) is 0. The fourth-order valence-corrected chi connectivity index (χ4v) is 21.4. The van der Waals surface area contributed by atoms with Crippen LogP contribution in [0.2, 0.25) is 0 Å². The van der Waals surface area contributed by atoms with Gasteiger partial charge in [0.25, 0.3) is 0 Å². The van der Waals surface area contributed by atoms with E-state index in [1.165, 1.54) is 15.9 Å². The molecule has 2 atom stereocenters. The van der Waals surface area contributed by atoms with Gasteiger partial charge in [0.15, 0.2) is 0 Å². The molecule has 5 rings (SSSR count). The molecule has 0 radical (unpaired) electrons. The van der Waals surface area contributed by atoms with Gasteiger partial charge in [-0.15, -0.1) is 0 Å². The first kappa shape index (κ1) is 17.3. The summed E-state index contributed by atoms with van der Waals surface area (Å²) in [6, 6.07) is 42.9. The minimum absolute atomic E-state index is 0.317. The van der Waals surface area contributed by atoms with E-state index >= 15 is 0 Å². The highest BCUT2D eigenvalue weighted by atomic mass is 32.5. The van der Waals surface area contributed by atoms with Gasteiger partial charge in [0, 0.05) is 0 Å². The maximum Gasteiger partial charge on any atom is -0.00622 e. The Bertz CT molecular complexity index is 966. The summed E-state index contributed by atoms with van der Waals surface area (Å²) in [5.74, 6) is 0. The van der Waals surface area contributed by atoms with Crippen LogP contribution in [0.25, 0.3) is 0 Å². The van der Waals surface area contributed by atoms with Crippen LogP contribution >= 0.6 is 22.5 Å². The maximum atomic E-state index is 2.39. The highest BCUT2D eigenvalue weighted by Crippen LogP contribution is 2.87. The fraction of sp³-hybridized carbons (Fsp3) is 0. The predicted molar refractivity (Wildman–Crippen MR) is 125 cm³/mol. The molecule has 1 heterocycles. The van der Waals surface area contributed by atoms with Crippen molar-refractivity contribution >= 4 is 49.0 Å². The first-order valence-electron chi connectivity index (χ1n) is 9.08. The van der Waals surface area contributed by atoms with Gasteiger partial charge in [0.05, 0.1) is 0 Å². The number of rotatable bonds is 3. The van der Waals surface area contributed by atoms with E-state index in [0.29, 0.717) is 0 Å². The van der Waals surface area contributed by atoms with Crippen molar-refractivity contribution in [3.05, 3.63) is 115 Å². The van der Waals surface area contributed by atoms with Crippen molar-refractivity contribution in [3.8, 4) is 0 Å². The van der Waals surface area contributed by atoms with Crippen LogP contribution in [0.4, 0.5) is 0 Å². The SMILES string of the molecule is c1ccc(P2[P@@](c3ccccc3)c3ccccc3[P@]2c2ccccc2)cc1. The van der Waals surface area contributed by atoms with E-state index < -0.39 is 0 Å². The smallest absolute Gasteiger partial charge is 0.00622 e. The van der Waals surface area contributed by atoms with E-state index in [-0.39, 0.29) is 22.5 Å². The number of hydrogen-bond acceptors (Lipinski definition) is 0. The summed E-state index contributed by atoms with van der Waals surface area (Å²) in [6.07, 6.45) is 0. The van der Waals surface area contributed by atoms with E-state index in [9.17, 15) is 0 Å². The summed E-state index contributed by atoms with van der Waals surface area (Å²) in [4.78, 5) is 0. The average Bonchev–Trinajstić information content (AvgIpc) is 3.11. The Labute approximate surface area is 164 Å². The Hall–Kier alpha value is -1.83. The monoisotopic (exact) mass is 400 g/mol. The first-order chi connectivity index (χ1) is 13.4. The van der Waals surface area contributed by atoms with Gasteiger partial charge in [-0.05, 0) is 49.0 Å². The van der Waals surface area contributed by atoms with Crippen molar-refractivity contribution < 1.29 is 0 Å². The Morgan fingerprint density at radius 3 is 1.07 bits per heavy atom. The highest BCUT2D eigenvalue weighted by Gasteiger charge is 2.42. The van der Waals surface area contributed by atoms with Crippen LogP contribution < -0.4 is 26.5 Å². The molecule has 0 saturated carbocycles. The van der Waals surface area contributed by atoms with E-state index in [4.69, 9.17) is 0 Å². The lowest BCUT2D eigenvalue weighted by atomic mass is 10.4. The molecular weight excluding hydrogens is 381 g/mol. The Balaban J connectivity index is 1.77. The van der Waals surface area contributed by atoms with Crippen molar-refractivity contribution in [1.82, 2.24) is 0 Å². The molecule has 1 aliphatic heterocycles. The molecule has 0 amide bonds. The molecule has 4 aromatic rings. The molecule has 0 spiro atoms. The lowest BCUT2D eigenvalue weighted by Gasteiger charge is -2.27. The molecule has 0 aliphatic carbocycles. The van der Waals surface area contributed by atoms with Crippen LogP contribution in [-0.4, -0.2) is 0 Å². The predicted octanol–water partition coefficient (Wildman–Crippen LogP) is 5.20. The molecule has 0 aromatic heterocycles. The zero-order valence-electron chi connectivity index (χ0n) is 14.8. The number of fused-ring (bicyclic) bond motifs is 1. The van der Waals surface area contributed by atoms with Gasteiger partial charge in [-0.25, -0.2) is 0 Å². The molecule has 130 valence electrons. The lowest BCUT2D eigenvalue weighted by Crippen LogP contribution is -2.20. The summed E-state index contributed by atoms with van der Waals surface area (Å²) in [6.45, 7) is 0. The van der Waals surface area contributed by atoms with Crippen molar-refractivity contribution in [2.24, 2.45) is 0 Å². The van der Waals surface area contributed by atoms with Crippen molar-refractivity contribution in [1.29, 1.82) is 0 Å². The largest absolute Gasteiger partial charge is 0.0622 e. The Morgan fingerprint density at radius 2 is 0.667 bits per heavy atom. The normalized spacial score (nSPS) is 19.0. The summed E-state index contributed by atoms with van der Waals surface area (Å²) in [5.41, 5.74) is 0. The second-order valence-corrected chi connectivity index (χ2v) is 16.5. The quantitative estimate of drug-likeness (QED) is 0.415. The number of benzene rings is 4. The average molecular weight is 400 g/mol. The second-order valence-electron chi connectivity index (χ2n) is 6.41. The molecule has 0 fully saturated rings. The van der Waals surface area contributed by atoms with Crippen molar-refractivity contribution in [2.45, 2.75) is 0 Å². The van der Waals surface area contributed by atoms with E-state index in [1.807, 2.05) is 0 Å². The second kappa shape index (κ2) is 7.66. The third-order valence-electron chi connectivity index (χ3n) is 4.71. The zero-order valence-corrected chi connectivity index (χ0v) is 17.5. The highest BCUT2D eigenvalue weighted by molar-refractivity contribution is 8.71. The Kier molecular flexibility index (Phi) is 4.90. The topological polar surface area (TPSA) is 0 Å². The van der Waals surface area contributed by atoms with Gasteiger partial charge in [-0.3, -0.25) is 0 Å². The van der Waals surface area contributed by atoms with E-state index in [0.717, 1.165) is 0 Å². The molecule has 4 aromatic carbocycles. The van der Waals surface area contributed by atoms with Gasteiger partial charge in [0.1, 0.15) is 0 Å². The maximum absolute atomic E-state index is 2.39. The zero-order chi connectivity index (χ0) is 18.1. The van der Waals surface area contributed by atoms with Gasteiger partial charge >= 0.3 is 0 Å². The fourth-order valence-electron chi connectivity index (χ4n) is 3.54. The summed E-state index contributed by atoms with van der Waals surface area (Å²) < 4.78 is 0. The van der Waals surface area contributed by atoms with Crippen LogP contribution in [0.5, 0.6) is 0 Å². The lowest BCUT2D eigenvalue weighted by molar-refractivity contribution is 1.77. The molecule has 0 bridgehead atoms. The molecule has 0 unspecified atom stereocenters. The Morgan fingerprint density at radius 1 is 0.333 bits per heavy atom. The van der Waals surface area contributed by atoms with Crippen molar-refractivity contribution in [3.63, 3.8) is 0 Å². The standard InChI is InChI=1S/C24H19P3/c1-4-12-20(13-5-1)25-23-18-10-11-19-24(23)26(21-14-6-2-7-15-21)27(25)22-16-8-3-9-17-22/h1-19H/t25-,26-/m0/s1. The summed E-state index contributed by atoms with van der Waals surface area (Å²) >= 11 is 0. The van der Waals surface area contributed by atoms with Gasteiger partial charge in [-0.2, -0.15) is 0 Å². The van der Waals surface area contributed by atoms with Crippen LogP contribution in [0.1, 0.15) is 0 Å². The minimum Gasteiger partial charge on any atom is -0.0622 e. The van der Waals surface area contributed by atoms with E-state index in [2.05, 4.69) is 115 Å². The van der Waals surface area contributed by atoms with Crippen LogP contribution in [0.3, 0.4) is 0 Å². The summed E-state index contributed by atoms with van der Waals surface area (Å²) in [7, 11) is -1.05. The third-order valence-corrected chi connectivity index (χ3v) is 19.2. The minimum atomic E-state index is -0.365. The van der Waals surface area contributed by atoms with Gasteiger partial charge < -0.3 is 0 Å². The molecular formula is C24H19P3. The molecule has 0 nitrogen and oxygen atoms in total. The van der Waals surface area contributed by atoms with Gasteiger partial charge in [-0.1, -0.05) is 115 Å². The van der Waals surface area contributed by atoms with Crippen molar-refractivity contribution in [2.75, 3.05) is 0 Å². The third kappa shape index (κ3) is 3.17. The van der Waals surface area contributed by atoms with Crippen LogP contribution in [0, 0.1) is 0 Å². The van der Waals surface area contributed by atoms with Gasteiger partial charge in [0.2, 0.25) is 0 Å². The molecule has 27 heavy (non-hydrogen) atoms. The van der Waals surface area contributed by atoms with Crippen LogP contribution in [0.15, 0.2) is 115 Å². The molecule has 0 N–H and O–H groups in total.